The van der Waals surface area contributed by atoms with Crippen LogP contribution in [-0.4, -0.2) is 0 Å². The molecule has 0 saturated carbocycles. The summed E-state index contributed by atoms with van der Waals surface area (Å²) >= 11 is 0. The van der Waals surface area contributed by atoms with Gasteiger partial charge in [-0.3, -0.25) is 0 Å². The molecule has 0 radical (unpaired) electrons. The van der Waals surface area contributed by atoms with Gasteiger partial charge >= 0.3 is 0 Å². The van der Waals surface area contributed by atoms with Gasteiger partial charge in [0, 0.05) is 0 Å². The molecule has 10 heavy (non-hydrogen) atoms. The van der Waals surface area contributed by atoms with Crippen LogP contribution in [0, 0.1) is 5.92 Å². The molecule has 0 aromatic heterocycles. The third-order valence-electron chi connectivity index (χ3n) is 1.90. The van der Waals surface area contributed by atoms with Crippen molar-refractivity contribution in [3.8, 4) is 0 Å². The van der Waals surface area contributed by atoms with Gasteiger partial charge in [0.1, 0.15) is 0 Å². The molecular formula is C10H20. The normalized spacial score (nSPS) is 24.4. The van der Waals surface area contributed by atoms with Crippen LogP contribution in [0.2, 0.25) is 0 Å². The summed E-state index contributed by atoms with van der Waals surface area (Å²) in [7, 11) is 0. The molecular weight excluding hydrogens is 120 g/mol. The van der Waals surface area contributed by atoms with Gasteiger partial charge in [-0.1, -0.05) is 32.4 Å². The van der Waals surface area contributed by atoms with Gasteiger partial charge in [-0.25, -0.2) is 0 Å². The summed E-state index contributed by atoms with van der Waals surface area (Å²) < 4.78 is 0. The SMILES string of the molecule is CC.CC1=CC[C@H](C)CC1. The fourth-order valence-electron chi connectivity index (χ4n) is 1.10. The van der Waals surface area contributed by atoms with E-state index < -0.39 is 0 Å². The lowest BCUT2D eigenvalue weighted by Gasteiger charge is -2.14. The molecule has 0 saturated heterocycles. The van der Waals surface area contributed by atoms with E-state index in [9.17, 15) is 0 Å². The van der Waals surface area contributed by atoms with Gasteiger partial charge in [-0.15, -0.1) is 0 Å². The molecule has 1 atom stereocenters. The molecule has 0 fully saturated rings. The van der Waals surface area contributed by atoms with Crippen molar-refractivity contribution < 1.29 is 0 Å². The highest BCUT2D eigenvalue weighted by atomic mass is 14.1. The van der Waals surface area contributed by atoms with E-state index in [1.165, 1.54) is 19.3 Å². The Kier molecular flexibility index (Phi) is 5.38. The Morgan fingerprint density at radius 3 is 2.30 bits per heavy atom. The highest BCUT2D eigenvalue weighted by Crippen LogP contribution is 2.21. The van der Waals surface area contributed by atoms with Crippen molar-refractivity contribution in [1.82, 2.24) is 0 Å². The van der Waals surface area contributed by atoms with Crippen molar-refractivity contribution >= 4 is 0 Å². The minimum absolute atomic E-state index is 0.943. The number of hydrogen-bond acceptors (Lipinski definition) is 0. The van der Waals surface area contributed by atoms with E-state index in [4.69, 9.17) is 0 Å². The van der Waals surface area contributed by atoms with E-state index in [-0.39, 0.29) is 0 Å². The Morgan fingerprint density at radius 2 is 2.00 bits per heavy atom. The van der Waals surface area contributed by atoms with E-state index in [0.29, 0.717) is 0 Å². The van der Waals surface area contributed by atoms with Crippen molar-refractivity contribution in [2.24, 2.45) is 5.92 Å². The second-order valence-corrected chi connectivity index (χ2v) is 2.93. The highest BCUT2D eigenvalue weighted by Gasteiger charge is 2.05. The summed E-state index contributed by atoms with van der Waals surface area (Å²) in [5.74, 6) is 0.943. The Hall–Kier alpha value is -0.260. The van der Waals surface area contributed by atoms with Crippen molar-refractivity contribution in [2.45, 2.75) is 47.0 Å². The largest absolute Gasteiger partial charge is 0.0853 e. The van der Waals surface area contributed by atoms with Gasteiger partial charge in [-0.05, 0) is 32.1 Å². The summed E-state index contributed by atoms with van der Waals surface area (Å²) in [6.07, 6.45) is 6.42. The minimum Gasteiger partial charge on any atom is -0.0853 e. The Bertz CT molecular complexity index is 101. The molecule has 0 spiro atoms. The van der Waals surface area contributed by atoms with E-state index >= 15 is 0 Å². The topological polar surface area (TPSA) is 0 Å². The predicted molar refractivity (Wildman–Crippen MR) is 48.1 cm³/mol. The molecule has 0 bridgehead atoms. The molecule has 0 aromatic rings. The molecule has 60 valence electrons. The maximum absolute atomic E-state index is 2.37. The molecule has 0 aromatic carbocycles. The van der Waals surface area contributed by atoms with Crippen LogP contribution in [0.15, 0.2) is 11.6 Å². The molecule has 0 heterocycles. The smallest absolute Gasteiger partial charge is 0.0320 e. The van der Waals surface area contributed by atoms with Crippen LogP contribution in [0.4, 0.5) is 0 Å². The number of allylic oxidation sites excluding steroid dienone is 2. The fourth-order valence-corrected chi connectivity index (χ4v) is 1.10. The first-order valence-electron chi connectivity index (χ1n) is 4.44. The average Bonchev–Trinajstić information content (AvgIpc) is 2.00. The molecule has 0 nitrogen and oxygen atoms in total. The zero-order valence-corrected chi connectivity index (χ0v) is 7.78. The van der Waals surface area contributed by atoms with Crippen LogP contribution in [0.1, 0.15) is 47.0 Å². The van der Waals surface area contributed by atoms with Crippen LogP contribution < -0.4 is 0 Å². The van der Waals surface area contributed by atoms with E-state index in [0.717, 1.165) is 5.92 Å². The quantitative estimate of drug-likeness (QED) is 0.449. The Morgan fingerprint density at radius 1 is 1.40 bits per heavy atom. The standard InChI is InChI=1S/C8H14.C2H6/c1-7-3-5-8(2)6-4-7;1-2/h3,8H,4-6H2,1-2H3;1-2H3/t8-;/m0./s1. The highest BCUT2D eigenvalue weighted by molar-refractivity contribution is 5.01. The summed E-state index contributed by atoms with van der Waals surface area (Å²) in [6.45, 7) is 8.55. The molecule has 1 aliphatic carbocycles. The Labute approximate surface area is 65.3 Å². The number of rotatable bonds is 0. The lowest BCUT2D eigenvalue weighted by Crippen LogP contribution is -1.98. The van der Waals surface area contributed by atoms with Gasteiger partial charge in [0.15, 0.2) is 0 Å². The fraction of sp³-hybridized carbons (Fsp3) is 0.800. The monoisotopic (exact) mass is 140 g/mol. The van der Waals surface area contributed by atoms with Gasteiger partial charge in [0.25, 0.3) is 0 Å². The van der Waals surface area contributed by atoms with Crippen LogP contribution >= 0.6 is 0 Å². The average molecular weight is 140 g/mol. The van der Waals surface area contributed by atoms with E-state index in [1.54, 1.807) is 5.57 Å². The molecule has 1 aliphatic rings. The minimum atomic E-state index is 0.943. The summed E-state index contributed by atoms with van der Waals surface area (Å²) in [6, 6.07) is 0. The van der Waals surface area contributed by atoms with Crippen molar-refractivity contribution in [1.29, 1.82) is 0 Å². The third-order valence-corrected chi connectivity index (χ3v) is 1.90. The zero-order valence-electron chi connectivity index (χ0n) is 7.78. The van der Waals surface area contributed by atoms with Gasteiger partial charge in [0.2, 0.25) is 0 Å². The van der Waals surface area contributed by atoms with Crippen LogP contribution in [0.25, 0.3) is 0 Å². The third kappa shape index (κ3) is 3.71. The second-order valence-electron chi connectivity index (χ2n) is 2.93. The molecule has 0 N–H and O–H groups in total. The first-order valence-corrected chi connectivity index (χ1v) is 4.44. The van der Waals surface area contributed by atoms with E-state index in [1.807, 2.05) is 13.8 Å². The van der Waals surface area contributed by atoms with Gasteiger partial charge < -0.3 is 0 Å². The molecule has 0 heteroatoms. The molecule has 0 unspecified atom stereocenters. The van der Waals surface area contributed by atoms with Crippen LogP contribution in [-0.2, 0) is 0 Å². The number of hydrogen-bond donors (Lipinski definition) is 0. The van der Waals surface area contributed by atoms with Gasteiger partial charge in [-0.2, -0.15) is 0 Å². The predicted octanol–water partition coefficient (Wildman–Crippen LogP) is 3.78. The first kappa shape index (κ1) is 9.74. The molecule has 0 amide bonds. The zero-order chi connectivity index (χ0) is 7.98. The van der Waals surface area contributed by atoms with Crippen molar-refractivity contribution in [3.05, 3.63) is 11.6 Å². The van der Waals surface area contributed by atoms with Crippen LogP contribution in [0.3, 0.4) is 0 Å². The maximum Gasteiger partial charge on any atom is -0.0320 e. The van der Waals surface area contributed by atoms with Crippen molar-refractivity contribution in [3.63, 3.8) is 0 Å². The molecule has 0 aliphatic heterocycles. The maximum atomic E-state index is 2.37. The van der Waals surface area contributed by atoms with E-state index in [2.05, 4.69) is 19.9 Å². The van der Waals surface area contributed by atoms with Crippen LogP contribution in [0.5, 0.6) is 0 Å². The first-order chi connectivity index (χ1) is 4.79. The lowest BCUT2D eigenvalue weighted by atomic mass is 9.92. The summed E-state index contributed by atoms with van der Waals surface area (Å²) in [4.78, 5) is 0. The lowest BCUT2D eigenvalue weighted by molar-refractivity contribution is 0.514. The molecule has 1 rings (SSSR count). The second kappa shape index (κ2) is 5.52. The summed E-state index contributed by atoms with van der Waals surface area (Å²) in [5.41, 5.74) is 1.59. The Balaban J connectivity index is 0.000000371. The van der Waals surface area contributed by atoms with Crippen molar-refractivity contribution in [2.75, 3.05) is 0 Å². The van der Waals surface area contributed by atoms with Gasteiger partial charge in [0.05, 0.1) is 0 Å². The summed E-state index contributed by atoms with van der Waals surface area (Å²) in [5, 5.41) is 0.